The number of amides is 1. The molecule has 2 rings (SSSR count). The van der Waals surface area contributed by atoms with Crippen LogP contribution in [-0.4, -0.2) is 31.9 Å². The van der Waals surface area contributed by atoms with Crippen molar-refractivity contribution in [3.63, 3.8) is 0 Å². The number of rotatable bonds is 8. The van der Waals surface area contributed by atoms with Crippen LogP contribution in [0, 0.1) is 0 Å². The second-order valence-corrected chi connectivity index (χ2v) is 6.15. The summed E-state index contributed by atoms with van der Waals surface area (Å²) in [5.74, 6) is -0.494. The molecule has 0 heterocycles. The molecule has 0 fully saturated rings. The van der Waals surface area contributed by atoms with E-state index in [-0.39, 0.29) is 16.5 Å². The molecule has 2 aromatic carbocycles. The van der Waals surface area contributed by atoms with Crippen LogP contribution in [0.5, 0.6) is 11.5 Å². The van der Waals surface area contributed by atoms with Crippen LogP contribution in [0.2, 0.25) is 10.0 Å². The zero-order chi connectivity index (χ0) is 20.7. The molecular formula is C18H16Cl2F2N2O4. The Labute approximate surface area is 170 Å². The van der Waals surface area contributed by atoms with E-state index < -0.39 is 18.6 Å². The fourth-order valence-corrected chi connectivity index (χ4v) is 2.37. The van der Waals surface area contributed by atoms with Crippen molar-refractivity contribution >= 4 is 41.0 Å². The third kappa shape index (κ3) is 5.97. The molecule has 2 aromatic rings. The van der Waals surface area contributed by atoms with E-state index in [0.717, 1.165) is 0 Å². The number of carbonyl (C=O) groups is 1. The smallest absolute Gasteiger partial charge is 0.387 e. The number of halogens is 4. The molecule has 1 unspecified atom stereocenters. The van der Waals surface area contributed by atoms with Crippen LogP contribution in [0.4, 0.5) is 14.5 Å². The SMILES string of the molecule is COc1cc(C=NOC(C)C(=O)Nc2cccc(Cl)c2Cl)ccc1OC(F)F. The highest BCUT2D eigenvalue weighted by Crippen LogP contribution is 2.30. The highest BCUT2D eigenvalue weighted by Gasteiger charge is 2.16. The van der Waals surface area contributed by atoms with Crippen molar-refractivity contribution in [1.29, 1.82) is 0 Å². The van der Waals surface area contributed by atoms with E-state index in [2.05, 4.69) is 15.2 Å². The minimum Gasteiger partial charge on any atom is -0.493 e. The first kappa shape index (κ1) is 21.7. The van der Waals surface area contributed by atoms with Gasteiger partial charge in [0.05, 0.1) is 29.1 Å². The van der Waals surface area contributed by atoms with E-state index >= 15 is 0 Å². The van der Waals surface area contributed by atoms with Crippen molar-refractivity contribution in [2.24, 2.45) is 5.16 Å². The molecule has 0 aliphatic carbocycles. The summed E-state index contributed by atoms with van der Waals surface area (Å²) in [6, 6.07) is 9.05. The van der Waals surface area contributed by atoms with Crippen molar-refractivity contribution in [3.05, 3.63) is 52.0 Å². The number of ether oxygens (including phenoxy) is 2. The summed E-state index contributed by atoms with van der Waals surface area (Å²) in [7, 11) is 1.32. The monoisotopic (exact) mass is 432 g/mol. The number of alkyl halides is 2. The number of benzene rings is 2. The highest BCUT2D eigenvalue weighted by molar-refractivity contribution is 6.44. The minimum absolute atomic E-state index is 0.102. The Balaban J connectivity index is 1.97. The molecule has 1 atom stereocenters. The largest absolute Gasteiger partial charge is 0.493 e. The number of methoxy groups -OCH3 is 1. The van der Waals surface area contributed by atoms with Crippen LogP contribution >= 0.6 is 23.2 Å². The van der Waals surface area contributed by atoms with Crippen LogP contribution < -0.4 is 14.8 Å². The quantitative estimate of drug-likeness (QED) is 0.471. The molecule has 0 saturated carbocycles. The lowest BCUT2D eigenvalue weighted by Gasteiger charge is -2.12. The van der Waals surface area contributed by atoms with Crippen LogP contribution in [0.3, 0.4) is 0 Å². The Bertz CT molecular complexity index is 865. The average Bonchev–Trinajstić information content (AvgIpc) is 2.65. The fourth-order valence-electron chi connectivity index (χ4n) is 2.02. The summed E-state index contributed by atoms with van der Waals surface area (Å²) in [5, 5.41) is 6.82. The summed E-state index contributed by atoms with van der Waals surface area (Å²) in [4.78, 5) is 17.3. The molecule has 1 amide bonds. The van der Waals surface area contributed by atoms with Crippen molar-refractivity contribution in [2.45, 2.75) is 19.6 Å². The summed E-state index contributed by atoms with van der Waals surface area (Å²) in [6.07, 6.45) is 0.361. The van der Waals surface area contributed by atoms with E-state index in [9.17, 15) is 13.6 Å². The van der Waals surface area contributed by atoms with Gasteiger partial charge in [0.25, 0.3) is 5.91 Å². The first-order valence-electron chi connectivity index (χ1n) is 7.88. The highest BCUT2D eigenvalue weighted by atomic mass is 35.5. The molecule has 28 heavy (non-hydrogen) atoms. The minimum atomic E-state index is -2.97. The molecule has 0 bridgehead atoms. The van der Waals surface area contributed by atoms with Gasteiger partial charge in [0.1, 0.15) is 0 Å². The summed E-state index contributed by atoms with van der Waals surface area (Å²) >= 11 is 11.9. The molecule has 10 heteroatoms. The standard InChI is InChI=1S/C18H16Cl2F2N2O4/c1-10(17(25)24-13-5-3-4-12(19)16(13)20)28-23-9-11-6-7-14(27-18(21)22)15(8-11)26-2/h3-10,18H,1-2H3,(H,24,25). The van der Waals surface area contributed by atoms with Crippen molar-refractivity contribution in [3.8, 4) is 11.5 Å². The van der Waals surface area contributed by atoms with Gasteiger partial charge in [0, 0.05) is 5.56 Å². The number of anilines is 1. The van der Waals surface area contributed by atoms with Gasteiger partial charge in [-0.1, -0.05) is 34.4 Å². The van der Waals surface area contributed by atoms with Gasteiger partial charge >= 0.3 is 6.61 Å². The maximum Gasteiger partial charge on any atom is 0.387 e. The van der Waals surface area contributed by atoms with Crippen LogP contribution in [0.15, 0.2) is 41.6 Å². The first-order valence-corrected chi connectivity index (χ1v) is 8.64. The number of carbonyl (C=O) groups excluding carboxylic acids is 1. The molecule has 1 N–H and O–H groups in total. The van der Waals surface area contributed by atoms with E-state index in [1.54, 1.807) is 18.2 Å². The Kier molecular flexibility index (Phi) is 7.83. The molecule has 0 radical (unpaired) electrons. The normalized spacial score (nSPS) is 12.1. The third-order valence-corrected chi connectivity index (χ3v) is 4.22. The predicted octanol–water partition coefficient (Wildman–Crippen LogP) is 4.98. The molecule has 6 nitrogen and oxygen atoms in total. The summed E-state index contributed by atoms with van der Waals surface area (Å²) < 4.78 is 34.0. The number of nitrogens with one attached hydrogen (secondary N) is 1. The molecule has 150 valence electrons. The molecule has 0 aliphatic heterocycles. The van der Waals surface area contributed by atoms with Crippen molar-refractivity contribution in [2.75, 3.05) is 12.4 Å². The Morgan fingerprint density at radius 1 is 1.21 bits per heavy atom. The van der Waals surface area contributed by atoms with E-state index in [4.69, 9.17) is 32.8 Å². The van der Waals surface area contributed by atoms with Crippen LogP contribution in [0.25, 0.3) is 0 Å². The van der Waals surface area contributed by atoms with Crippen molar-refractivity contribution in [1.82, 2.24) is 0 Å². The van der Waals surface area contributed by atoms with E-state index in [0.29, 0.717) is 16.3 Å². The van der Waals surface area contributed by atoms with E-state index in [1.165, 1.54) is 38.4 Å². The number of hydrogen-bond donors (Lipinski definition) is 1. The van der Waals surface area contributed by atoms with Gasteiger partial charge in [-0.15, -0.1) is 0 Å². The lowest BCUT2D eigenvalue weighted by Crippen LogP contribution is -2.26. The van der Waals surface area contributed by atoms with Crippen LogP contribution in [0.1, 0.15) is 12.5 Å². The molecule has 0 aliphatic rings. The average molecular weight is 433 g/mol. The van der Waals surface area contributed by atoms with Gasteiger partial charge in [-0.25, -0.2) is 0 Å². The second kappa shape index (κ2) is 10.1. The lowest BCUT2D eigenvalue weighted by atomic mass is 10.2. The van der Waals surface area contributed by atoms with E-state index in [1.807, 2.05) is 0 Å². The molecular weight excluding hydrogens is 417 g/mol. The third-order valence-electron chi connectivity index (χ3n) is 3.40. The zero-order valence-electron chi connectivity index (χ0n) is 14.8. The zero-order valence-corrected chi connectivity index (χ0v) is 16.3. The number of nitrogens with zero attached hydrogens (tertiary/aromatic N) is 1. The summed E-state index contributed by atoms with van der Waals surface area (Å²) in [5.41, 5.74) is 0.835. The van der Waals surface area contributed by atoms with Gasteiger partial charge in [-0.3, -0.25) is 4.79 Å². The van der Waals surface area contributed by atoms with Gasteiger partial charge in [-0.05, 0) is 37.3 Å². The van der Waals surface area contributed by atoms with Crippen molar-refractivity contribution < 1.29 is 27.9 Å². The van der Waals surface area contributed by atoms with Gasteiger partial charge in [-0.2, -0.15) is 8.78 Å². The lowest BCUT2D eigenvalue weighted by molar-refractivity contribution is -0.126. The maximum atomic E-state index is 12.3. The molecule has 0 saturated heterocycles. The topological polar surface area (TPSA) is 69.2 Å². The number of oxime groups is 1. The summed E-state index contributed by atoms with van der Waals surface area (Å²) in [6.45, 7) is -1.48. The molecule has 0 aromatic heterocycles. The maximum absolute atomic E-state index is 12.3. The molecule has 0 spiro atoms. The predicted molar refractivity (Wildman–Crippen MR) is 103 cm³/mol. The van der Waals surface area contributed by atoms with Gasteiger partial charge < -0.3 is 19.6 Å². The Hall–Kier alpha value is -2.58. The van der Waals surface area contributed by atoms with Crippen LogP contribution in [-0.2, 0) is 9.63 Å². The number of hydrogen-bond acceptors (Lipinski definition) is 5. The first-order chi connectivity index (χ1) is 13.3. The van der Waals surface area contributed by atoms with Gasteiger partial charge in [0.2, 0.25) is 6.10 Å². The van der Waals surface area contributed by atoms with Gasteiger partial charge in [0.15, 0.2) is 11.5 Å². The fraction of sp³-hybridized carbons (Fsp3) is 0.222. The second-order valence-electron chi connectivity index (χ2n) is 5.36. The Morgan fingerprint density at radius 3 is 2.64 bits per heavy atom. The Morgan fingerprint density at radius 2 is 1.96 bits per heavy atom.